The van der Waals surface area contributed by atoms with Gasteiger partial charge >= 0.3 is 0 Å². The minimum Gasteiger partial charge on any atom is -0.496 e. The van der Waals surface area contributed by atoms with E-state index >= 15 is 0 Å². The molecule has 0 unspecified atom stereocenters. The lowest BCUT2D eigenvalue weighted by molar-refractivity contribution is 0.239. The van der Waals surface area contributed by atoms with Crippen LogP contribution >= 0.6 is 0 Å². The number of likely N-dealkylation sites (tertiary alicyclic amines) is 1. The van der Waals surface area contributed by atoms with E-state index in [0.717, 1.165) is 6.54 Å². The van der Waals surface area contributed by atoms with Crippen molar-refractivity contribution in [1.82, 2.24) is 4.90 Å². The Labute approximate surface area is 121 Å². The minimum absolute atomic E-state index is 0.0661. The number of hydrogen-bond donors (Lipinski definition) is 2. The fraction of sp³-hybridized carbons (Fsp3) is 0.562. The molecule has 1 saturated heterocycles. The zero-order valence-electron chi connectivity index (χ0n) is 12.3. The average Bonchev–Trinajstić information content (AvgIpc) is 2.41. The standard InChI is InChI=1S/C16H25N3O/c1-20-15-8-7-13(11-14(15)16(17)18)12-19-9-5-3-2-4-6-10-19/h7-8,11H,2-6,9-10,12H2,1H3,(H3,17,18). The van der Waals surface area contributed by atoms with Crippen molar-refractivity contribution in [1.29, 1.82) is 5.41 Å². The van der Waals surface area contributed by atoms with Crippen molar-refractivity contribution in [3.63, 3.8) is 0 Å². The zero-order valence-corrected chi connectivity index (χ0v) is 12.3. The van der Waals surface area contributed by atoms with Crippen LogP contribution in [-0.2, 0) is 6.54 Å². The van der Waals surface area contributed by atoms with Gasteiger partial charge in [-0.2, -0.15) is 0 Å². The lowest BCUT2D eigenvalue weighted by atomic mass is 10.1. The van der Waals surface area contributed by atoms with E-state index in [0.29, 0.717) is 11.3 Å². The van der Waals surface area contributed by atoms with Crippen molar-refractivity contribution < 1.29 is 4.74 Å². The van der Waals surface area contributed by atoms with Gasteiger partial charge in [0.05, 0.1) is 12.7 Å². The number of benzene rings is 1. The molecule has 4 nitrogen and oxygen atoms in total. The SMILES string of the molecule is COc1ccc(CN2CCCCCCC2)cc1C(=N)N. The summed E-state index contributed by atoms with van der Waals surface area (Å²) in [6, 6.07) is 5.97. The number of nitrogens with zero attached hydrogens (tertiary/aromatic N) is 1. The van der Waals surface area contributed by atoms with Gasteiger partial charge in [-0.05, 0) is 43.6 Å². The Bertz CT molecular complexity index is 451. The quantitative estimate of drug-likeness (QED) is 0.656. The highest BCUT2D eigenvalue weighted by Gasteiger charge is 2.11. The third-order valence-electron chi connectivity index (χ3n) is 3.91. The molecule has 20 heavy (non-hydrogen) atoms. The normalized spacial score (nSPS) is 17.2. The molecule has 0 aliphatic carbocycles. The van der Waals surface area contributed by atoms with E-state index in [2.05, 4.69) is 11.0 Å². The average molecular weight is 275 g/mol. The van der Waals surface area contributed by atoms with Crippen molar-refractivity contribution >= 4 is 5.84 Å². The molecule has 1 aliphatic rings. The first kappa shape index (κ1) is 14.9. The molecule has 4 heteroatoms. The summed E-state index contributed by atoms with van der Waals surface area (Å²) >= 11 is 0. The summed E-state index contributed by atoms with van der Waals surface area (Å²) in [6.45, 7) is 3.27. The molecule has 2 rings (SSSR count). The molecule has 1 aromatic carbocycles. The Morgan fingerprint density at radius 1 is 1.20 bits per heavy atom. The molecule has 0 radical (unpaired) electrons. The van der Waals surface area contributed by atoms with Crippen LogP contribution in [0, 0.1) is 5.41 Å². The third-order valence-corrected chi connectivity index (χ3v) is 3.91. The van der Waals surface area contributed by atoms with Crippen LogP contribution in [-0.4, -0.2) is 30.9 Å². The van der Waals surface area contributed by atoms with Crippen molar-refractivity contribution in [2.75, 3.05) is 20.2 Å². The molecule has 110 valence electrons. The molecule has 0 amide bonds. The van der Waals surface area contributed by atoms with E-state index in [1.54, 1.807) is 7.11 Å². The number of rotatable bonds is 4. The molecule has 3 N–H and O–H groups in total. The van der Waals surface area contributed by atoms with Crippen LogP contribution in [0.15, 0.2) is 18.2 Å². The molecule has 0 spiro atoms. The van der Waals surface area contributed by atoms with Gasteiger partial charge in [0.15, 0.2) is 0 Å². The third kappa shape index (κ3) is 3.97. The van der Waals surface area contributed by atoms with E-state index in [-0.39, 0.29) is 5.84 Å². The molecule has 0 bridgehead atoms. The fourth-order valence-electron chi connectivity index (χ4n) is 2.79. The molecule has 0 saturated carbocycles. The zero-order chi connectivity index (χ0) is 14.4. The summed E-state index contributed by atoms with van der Waals surface area (Å²) < 4.78 is 5.25. The van der Waals surface area contributed by atoms with E-state index < -0.39 is 0 Å². The summed E-state index contributed by atoms with van der Waals surface area (Å²) in [7, 11) is 1.61. The van der Waals surface area contributed by atoms with Gasteiger partial charge in [0.2, 0.25) is 0 Å². The lowest BCUT2D eigenvalue weighted by Gasteiger charge is -2.24. The van der Waals surface area contributed by atoms with Crippen LogP contribution in [0.3, 0.4) is 0 Å². The summed E-state index contributed by atoms with van der Waals surface area (Å²) in [5, 5.41) is 7.64. The van der Waals surface area contributed by atoms with Crippen LogP contribution in [0.5, 0.6) is 5.75 Å². The summed E-state index contributed by atoms with van der Waals surface area (Å²) in [5.41, 5.74) is 7.52. The molecule has 0 atom stereocenters. The van der Waals surface area contributed by atoms with E-state index in [1.165, 1.54) is 50.8 Å². The lowest BCUT2D eigenvalue weighted by Crippen LogP contribution is -2.27. The predicted octanol–water partition coefficient (Wildman–Crippen LogP) is 2.75. The van der Waals surface area contributed by atoms with Crippen molar-refractivity contribution in [3.05, 3.63) is 29.3 Å². The van der Waals surface area contributed by atoms with Crippen molar-refractivity contribution in [2.45, 2.75) is 38.6 Å². The topological polar surface area (TPSA) is 62.3 Å². The molecule has 1 aromatic rings. The summed E-state index contributed by atoms with van der Waals surface area (Å²) in [4.78, 5) is 2.50. The largest absolute Gasteiger partial charge is 0.496 e. The first-order valence-corrected chi connectivity index (χ1v) is 7.44. The number of nitrogen functional groups attached to an aromatic ring is 1. The Morgan fingerprint density at radius 3 is 2.45 bits per heavy atom. The number of nitrogens with one attached hydrogen (secondary N) is 1. The van der Waals surface area contributed by atoms with Gasteiger partial charge in [-0.15, -0.1) is 0 Å². The smallest absolute Gasteiger partial charge is 0.129 e. The molecule has 1 fully saturated rings. The minimum atomic E-state index is 0.0661. The fourth-order valence-corrected chi connectivity index (χ4v) is 2.79. The van der Waals surface area contributed by atoms with Crippen LogP contribution in [0.1, 0.15) is 43.2 Å². The van der Waals surface area contributed by atoms with Crippen LogP contribution < -0.4 is 10.5 Å². The molecular formula is C16H25N3O. The molecular weight excluding hydrogens is 250 g/mol. The Morgan fingerprint density at radius 2 is 1.85 bits per heavy atom. The highest BCUT2D eigenvalue weighted by molar-refractivity contribution is 5.97. The van der Waals surface area contributed by atoms with Crippen LogP contribution in [0.2, 0.25) is 0 Å². The second-order valence-electron chi connectivity index (χ2n) is 5.49. The number of hydrogen-bond acceptors (Lipinski definition) is 3. The van der Waals surface area contributed by atoms with Crippen molar-refractivity contribution in [2.24, 2.45) is 5.73 Å². The van der Waals surface area contributed by atoms with Gasteiger partial charge < -0.3 is 10.5 Å². The van der Waals surface area contributed by atoms with Gasteiger partial charge in [-0.25, -0.2) is 0 Å². The second kappa shape index (κ2) is 7.29. The molecule has 1 heterocycles. The summed E-state index contributed by atoms with van der Waals surface area (Å²) in [5.74, 6) is 0.741. The van der Waals surface area contributed by atoms with E-state index in [4.69, 9.17) is 15.9 Å². The van der Waals surface area contributed by atoms with E-state index in [9.17, 15) is 0 Å². The highest BCUT2D eigenvalue weighted by atomic mass is 16.5. The van der Waals surface area contributed by atoms with Crippen molar-refractivity contribution in [3.8, 4) is 5.75 Å². The number of nitrogens with two attached hydrogens (primary N) is 1. The van der Waals surface area contributed by atoms with Gasteiger partial charge in [-0.1, -0.05) is 25.3 Å². The van der Waals surface area contributed by atoms with Crippen LogP contribution in [0.4, 0.5) is 0 Å². The second-order valence-corrected chi connectivity index (χ2v) is 5.49. The first-order valence-electron chi connectivity index (χ1n) is 7.44. The monoisotopic (exact) mass is 275 g/mol. The number of ether oxygens (including phenoxy) is 1. The molecule has 1 aliphatic heterocycles. The maximum Gasteiger partial charge on any atom is 0.129 e. The maximum atomic E-state index is 7.64. The van der Waals surface area contributed by atoms with Gasteiger partial charge in [0.1, 0.15) is 11.6 Å². The number of amidine groups is 1. The summed E-state index contributed by atoms with van der Waals surface area (Å²) in [6.07, 6.45) is 6.64. The van der Waals surface area contributed by atoms with E-state index in [1.807, 2.05) is 12.1 Å². The van der Waals surface area contributed by atoms with Gasteiger partial charge in [-0.3, -0.25) is 10.3 Å². The van der Waals surface area contributed by atoms with Gasteiger partial charge in [0.25, 0.3) is 0 Å². The number of methoxy groups -OCH3 is 1. The Hall–Kier alpha value is -1.55. The molecule has 0 aromatic heterocycles. The Kier molecular flexibility index (Phi) is 5.41. The van der Waals surface area contributed by atoms with Crippen LogP contribution in [0.25, 0.3) is 0 Å². The highest BCUT2D eigenvalue weighted by Crippen LogP contribution is 2.21. The Balaban J connectivity index is 2.08. The maximum absolute atomic E-state index is 7.64. The first-order chi connectivity index (χ1) is 9.70. The van der Waals surface area contributed by atoms with Gasteiger partial charge in [0, 0.05) is 6.54 Å². The predicted molar refractivity (Wildman–Crippen MR) is 82.4 cm³/mol.